The quantitative estimate of drug-likeness (QED) is 0.714. The molecule has 114 valence electrons. The number of hydrogen-bond donors (Lipinski definition) is 0. The number of sulfone groups is 1. The van der Waals surface area contributed by atoms with E-state index in [1.165, 1.54) is 11.1 Å². The molecule has 0 saturated heterocycles. The Morgan fingerprint density at radius 3 is 2.30 bits per heavy atom. The van der Waals surface area contributed by atoms with E-state index in [1.54, 1.807) is 20.8 Å². The van der Waals surface area contributed by atoms with E-state index < -0.39 is 14.6 Å². The molecule has 1 aromatic rings. The standard InChI is InChI=1S/C16H25BrO2S/c1-13-7-5-6-8-15(13)11-14(12-17)9-10-20(18,19)16(2,3)4/h5-8,14H,9-12H2,1-4H3. The molecule has 0 bridgehead atoms. The second-order valence-electron chi connectivity index (χ2n) is 6.37. The van der Waals surface area contributed by atoms with E-state index in [4.69, 9.17) is 0 Å². The van der Waals surface area contributed by atoms with Crippen molar-refractivity contribution in [3.63, 3.8) is 0 Å². The molecule has 0 saturated carbocycles. The molecule has 2 nitrogen and oxygen atoms in total. The molecule has 0 aliphatic heterocycles. The van der Waals surface area contributed by atoms with E-state index in [9.17, 15) is 8.42 Å². The van der Waals surface area contributed by atoms with Gasteiger partial charge in [0, 0.05) is 5.33 Å². The van der Waals surface area contributed by atoms with Crippen molar-refractivity contribution in [2.45, 2.75) is 45.3 Å². The van der Waals surface area contributed by atoms with Crippen LogP contribution in [0.3, 0.4) is 0 Å². The summed E-state index contributed by atoms with van der Waals surface area (Å²) >= 11 is 3.52. The minimum atomic E-state index is -3.03. The summed E-state index contributed by atoms with van der Waals surface area (Å²) in [5.74, 6) is 0.617. The van der Waals surface area contributed by atoms with Gasteiger partial charge in [-0.2, -0.15) is 0 Å². The summed E-state index contributed by atoms with van der Waals surface area (Å²) in [6, 6.07) is 8.31. The molecule has 0 spiro atoms. The van der Waals surface area contributed by atoms with Gasteiger partial charge in [0.15, 0.2) is 9.84 Å². The number of aryl methyl sites for hydroxylation is 1. The highest BCUT2D eigenvalue weighted by Crippen LogP contribution is 2.22. The molecule has 0 aliphatic rings. The van der Waals surface area contributed by atoms with Crippen molar-refractivity contribution in [2.75, 3.05) is 11.1 Å². The lowest BCUT2D eigenvalue weighted by Crippen LogP contribution is -2.31. The van der Waals surface area contributed by atoms with Gasteiger partial charge >= 0.3 is 0 Å². The third-order valence-electron chi connectivity index (χ3n) is 3.72. The first-order valence-corrected chi connectivity index (χ1v) is 9.77. The van der Waals surface area contributed by atoms with Crippen molar-refractivity contribution in [3.05, 3.63) is 35.4 Å². The van der Waals surface area contributed by atoms with Crippen molar-refractivity contribution < 1.29 is 8.42 Å². The van der Waals surface area contributed by atoms with Gasteiger partial charge in [-0.25, -0.2) is 8.42 Å². The Morgan fingerprint density at radius 1 is 1.20 bits per heavy atom. The summed E-state index contributed by atoms with van der Waals surface area (Å²) in [4.78, 5) is 0. The fourth-order valence-corrected chi connectivity index (χ4v) is 3.82. The van der Waals surface area contributed by atoms with Gasteiger partial charge in [0.2, 0.25) is 0 Å². The van der Waals surface area contributed by atoms with E-state index >= 15 is 0 Å². The third kappa shape index (κ3) is 4.88. The summed E-state index contributed by atoms with van der Waals surface area (Å²) in [5.41, 5.74) is 2.59. The summed E-state index contributed by atoms with van der Waals surface area (Å²) in [7, 11) is -3.03. The fourth-order valence-electron chi connectivity index (χ4n) is 2.01. The molecule has 1 unspecified atom stereocenters. The molecule has 0 aliphatic carbocycles. The molecule has 1 rings (SSSR count). The number of halogens is 1. The van der Waals surface area contributed by atoms with Gasteiger partial charge in [-0.15, -0.1) is 0 Å². The average molecular weight is 361 g/mol. The van der Waals surface area contributed by atoms with Crippen LogP contribution in [0.25, 0.3) is 0 Å². The predicted octanol–water partition coefficient (Wildman–Crippen LogP) is 4.15. The molecular weight excluding hydrogens is 336 g/mol. The van der Waals surface area contributed by atoms with Gasteiger partial charge in [0.05, 0.1) is 10.5 Å². The fraction of sp³-hybridized carbons (Fsp3) is 0.625. The van der Waals surface area contributed by atoms with Gasteiger partial charge in [-0.1, -0.05) is 40.2 Å². The highest BCUT2D eigenvalue weighted by molar-refractivity contribution is 9.09. The van der Waals surface area contributed by atoms with Crippen LogP contribution in [0.5, 0.6) is 0 Å². The highest BCUT2D eigenvalue weighted by atomic mass is 79.9. The van der Waals surface area contributed by atoms with E-state index in [0.717, 1.165) is 11.8 Å². The van der Waals surface area contributed by atoms with Crippen LogP contribution in [0.4, 0.5) is 0 Å². The molecule has 20 heavy (non-hydrogen) atoms. The first-order chi connectivity index (χ1) is 9.17. The molecule has 1 aromatic carbocycles. The van der Waals surface area contributed by atoms with E-state index in [-0.39, 0.29) is 5.75 Å². The normalized spacial score (nSPS) is 14.2. The summed E-state index contributed by atoms with van der Waals surface area (Å²) in [6.45, 7) is 7.42. The zero-order valence-corrected chi connectivity index (χ0v) is 15.2. The van der Waals surface area contributed by atoms with Crippen LogP contribution in [-0.2, 0) is 16.3 Å². The molecule has 1 atom stereocenters. The van der Waals surface area contributed by atoms with Crippen molar-refractivity contribution in [1.82, 2.24) is 0 Å². The minimum absolute atomic E-state index is 0.263. The largest absolute Gasteiger partial charge is 0.228 e. The van der Waals surface area contributed by atoms with Crippen molar-refractivity contribution in [1.29, 1.82) is 0 Å². The number of hydrogen-bond acceptors (Lipinski definition) is 2. The molecular formula is C16H25BrO2S. The van der Waals surface area contributed by atoms with Crippen LogP contribution in [0, 0.1) is 12.8 Å². The molecule has 0 aromatic heterocycles. The Hall–Kier alpha value is -0.350. The van der Waals surface area contributed by atoms with Crippen molar-refractivity contribution in [2.24, 2.45) is 5.92 Å². The lowest BCUT2D eigenvalue weighted by atomic mass is 9.96. The van der Waals surface area contributed by atoms with Gasteiger partial charge < -0.3 is 0 Å². The highest BCUT2D eigenvalue weighted by Gasteiger charge is 2.29. The van der Waals surface area contributed by atoms with Crippen LogP contribution in [-0.4, -0.2) is 24.2 Å². The molecule has 0 radical (unpaired) electrons. The zero-order chi connectivity index (χ0) is 15.4. The Bertz CT molecular complexity index is 530. The second kappa shape index (κ2) is 7.08. The molecule has 0 N–H and O–H groups in total. The van der Waals surface area contributed by atoms with E-state index in [2.05, 4.69) is 35.0 Å². The predicted molar refractivity (Wildman–Crippen MR) is 90.3 cm³/mol. The Balaban J connectivity index is 2.68. The van der Waals surface area contributed by atoms with E-state index in [1.807, 2.05) is 12.1 Å². The molecule has 0 amide bonds. The summed E-state index contributed by atoms with van der Waals surface area (Å²) < 4.78 is 23.7. The molecule has 0 heterocycles. The molecule has 0 fully saturated rings. The first kappa shape index (κ1) is 17.7. The van der Waals surface area contributed by atoms with Crippen LogP contribution >= 0.6 is 15.9 Å². The van der Waals surface area contributed by atoms with Gasteiger partial charge in [-0.3, -0.25) is 0 Å². The molecule has 4 heteroatoms. The van der Waals surface area contributed by atoms with Gasteiger partial charge in [-0.05, 0) is 57.6 Å². The van der Waals surface area contributed by atoms with Crippen molar-refractivity contribution in [3.8, 4) is 0 Å². The maximum Gasteiger partial charge on any atom is 0.155 e. The zero-order valence-electron chi connectivity index (χ0n) is 12.8. The lowest BCUT2D eigenvalue weighted by molar-refractivity contribution is 0.532. The SMILES string of the molecule is Cc1ccccc1CC(CBr)CCS(=O)(=O)C(C)(C)C. The maximum atomic E-state index is 12.2. The van der Waals surface area contributed by atoms with Crippen LogP contribution in [0.2, 0.25) is 0 Å². The van der Waals surface area contributed by atoms with E-state index in [0.29, 0.717) is 12.3 Å². The Morgan fingerprint density at radius 2 is 1.80 bits per heavy atom. The smallest absolute Gasteiger partial charge is 0.155 e. The van der Waals surface area contributed by atoms with Crippen molar-refractivity contribution >= 4 is 25.8 Å². The van der Waals surface area contributed by atoms with Crippen LogP contribution in [0.1, 0.15) is 38.3 Å². The minimum Gasteiger partial charge on any atom is -0.228 e. The van der Waals surface area contributed by atoms with Gasteiger partial charge in [0.1, 0.15) is 0 Å². The second-order valence-corrected chi connectivity index (χ2v) is 9.88. The Labute approximate surface area is 132 Å². The summed E-state index contributed by atoms with van der Waals surface area (Å²) in [5, 5.41) is 0.834. The van der Waals surface area contributed by atoms with Crippen LogP contribution in [0.15, 0.2) is 24.3 Å². The Kier molecular flexibility index (Phi) is 6.26. The van der Waals surface area contributed by atoms with Crippen LogP contribution < -0.4 is 0 Å². The third-order valence-corrected chi connectivity index (χ3v) is 7.27. The number of rotatable bonds is 6. The average Bonchev–Trinajstić information content (AvgIpc) is 2.35. The maximum absolute atomic E-state index is 12.2. The monoisotopic (exact) mass is 360 g/mol. The number of benzene rings is 1. The topological polar surface area (TPSA) is 34.1 Å². The summed E-state index contributed by atoms with van der Waals surface area (Å²) in [6.07, 6.45) is 1.64. The van der Waals surface area contributed by atoms with Gasteiger partial charge in [0.25, 0.3) is 0 Å². The lowest BCUT2D eigenvalue weighted by Gasteiger charge is -2.21. The number of alkyl halides is 1. The first-order valence-electron chi connectivity index (χ1n) is 7.00.